The lowest BCUT2D eigenvalue weighted by Crippen LogP contribution is -2.66. The predicted octanol–water partition coefficient (Wildman–Crippen LogP) is 4.78. The first kappa shape index (κ1) is 34.9. The summed E-state index contributed by atoms with van der Waals surface area (Å²) in [5.41, 5.74) is 0. The molecule has 3 aromatic carbocycles. The number of ether oxygens (including phenoxy) is 3. The molecule has 3 atom stereocenters. The molecule has 0 amide bonds. The van der Waals surface area contributed by atoms with Crippen molar-refractivity contribution in [1.29, 1.82) is 0 Å². The molecule has 12 heteroatoms. The highest BCUT2D eigenvalue weighted by atomic mass is 32.2. The van der Waals surface area contributed by atoms with Gasteiger partial charge in [0.1, 0.15) is 18.1 Å². The van der Waals surface area contributed by atoms with Crippen molar-refractivity contribution in [2.24, 2.45) is 0 Å². The molecule has 45 heavy (non-hydrogen) atoms. The summed E-state index contributed by atoms with van der Waals surface area (Å²) in [5, 5.41) is 0. The molecule has 0 aromatic heterocycles. The zero-order valence-electron chi connectivity index (χ0n) is 25.7. The van der Waals surface area contributed by atoms with Crippen molar-refractivity contribution in [1.82, 2.24) is 14.7 Å². The van der Waals surface area contributed by atoms with Crippen molar-refractivity contribution in [2.75, 3.05) is 58.6 Å². The Morgan fingerprint density at radius 3 is 0.978 bits per heavy atom. The maximum atomic E-state index is 13.3. The zero-order valence-corrected chi connectivity index (χ0v) is 28.1. The van der Waals surface area contributed by atoms with Crippen LogP contribution >= 0.6 is 35.3 Å². The smallest absolute Gasteiger partial charge is 0.324 e. The largest absolute Gasteiger partial charge is 0.468 e. The van der Waals surface area contributed by atoms with Gasteiger partial charge in [-0.05, 0) is 36.4 Å². The molecule has 1 heterocycles. The minimum atomic E-state index is -0.648. The van der Waals surface area contributed by atoms with Gasteiger partial charge in [-0.3, -0.25) is 29.1 Å². The lowest BCUT2D eigenvalue weighted by molar-refractivity contribution is -0.163. The van der Waals surface area contributed by atoms with E-state index in [1.807, 2.05) is 106 Å². The fraction of sp³-hybridized carbons (Fsp3) is 0.364. The molecule has 0 aliphatic carbocycles. The van der Waals surface area contributed by atoms with E-state index >= 15 is 0 Å². The summed E-state index contributed by atoms with van der Waals surface area (Å²) >= 11 is 4.65. The third-order valence-electron chi connectivity index (χ3n) is 7.29. The number of methoxy groups -OCH3 is 3. The van der Waals surface area contributed by atoms with E-state index < -0.39 is 18.1 Å². The SMILES string of the molecule is COC(=O)C(CSc1ccccc1)N1CN(C(CSc2ccccc2)C(=O)OC)CN(C(CSc2ccccc2)C(=O)OC)C1. The average molecular weight is 670 g/mol. The van der Waals surface area contributed by atoms with Gasteiger partial charge in [-0.1, -0.05) is 54.6 Å². The van der Waals surface area contributed by atoms with Crippen molar-refractivity contribution in [3.05, 3.63) is 91.0 Å². The van der Waals surface area contributed by atoms with Crippen LogP contribution in [0.1, 0.15) is 0 Å². The second-order valence-electron chi connectivity index (χ2n) is 10.2. The molecule has 1 saturated heterocycles. The summed E-state index contributed by atoms with van der Waals surface area (Å²) in [7, 11) is 4.14. The third-order valence-corrected chi connectivity index (χ3v) is 10.5. The maximum absolute atomic E-state index is 13.3. The number of carbonyl (C=O) groups excluding carboxylic acids is 3. The molecule has 240 valence electrons. The minimum Gasteiger partial charge on any atom is -0.468 e. The molecule has 1 aliphatic heterocycles. The second kappa shape index (κ2) is 18.2. The van der Waals surface area contributed by atoms with Crippen LogP contribution < -0.4 is 0 Å². The average Bonchev–Trinajstić information content (AvgIpc) is 3.09. The van der Waals surface area contributed by atoms with Crippen LogP contribution in [-0.2, 0) is 28.6 Å². The molecule has 0 saturated carbocycles. The number of hydrogen-bond acceptors (Lipinski definition) is 12. The summed E-state index contributed by atoms with van der Waals surface area (Å²) in [6.07, 6.45) is 0. The molecule has 3 unspecified atom stereocenters. The van der Waals surface area contributed by atoms with E-state index in [0.29, 0.717) is 37.3 Å². The Morgan fingerprint density at radius 1 is 0.511 bits per heavy atom. The quantitative estimate of drug-likeness (QED) is 0.127. The van der Waals surface area contributed by atoms with E-state index in [1.54, 1.807) is 35.3 Å². The van der Waals surface area contributed by atoms with Gasteiger partial charge in [-0.15, -0.1) is 35.3 Å². The van der Waals surface area contributed by atoms with Gasteiger partial charge in [0.05, 0.1) is 41.3 Å². The fourth-order valence-corrected chi connectivity index (χ4v) is 8.02. The van der Waals surface area contributed by atoms with Gasteiger partial charge in [0.2, 0.25) is 0 Å². The van der Waals surface area contributed by atoms with E-state index in [4.69, 9.17) is 14.2 Å². The van der Waals surface area contributed by atoms with E-state index in [9.17, 15) is 14.4 Å². The number of rotatable bonds is 15. The highest BCUT2D eigenvalue weighted by Crippen LogP contribution is 2.28. The molecule has 0 spiro atoms. The van der Waals surface area contributed by atoms with Gasteiger partial charge < -0.3 is 14.2 Å². The normalized spacial score (nSPS) is 16.3. The maximum Gasteiger partial charge on any atom is 0.324 e. The highest BCUT2D eigenvalue weighted by Gasteiger charge is 2.41. The van der Waals surface area contributed by atoms with Crippen LogP contribution in [-0.4, -0.2) is 109 Å². The van der Waals surface area contributed by atoms with E-state index in [1.165, 1.54) is 21.3 Å². The number of carbonyl (C=O) groups is 3. The van der Waals surface area contributed by atoms with Crippen LogP contribution in [0.2, 0.25) is 0 Å². The topological polar surface area (TPSA) is 88.6 Å². The van der Waals surface area contributed by atoms with Crippen molar-refractivity contribution in [3.8, 4) is 0 Å². The van der Waals surface area contributed by atoms with Crippen LogP contribution in [0.25, 0.3) is 0 Å². The molecular weight excluding hydrogens is 631 g/mol. The Labute approximate surface area is 277 Å². The van der Waals surface area contributed by atoms with E-state index in [-0.39, 0.29) is 17.9 Å². The molecule has 1 aliphatic rings. The van der Waals surface area contributed by atoms with Crippen LogP contribution in [0.3, 0.4) is 0 Å². The summed E-state index contributed by atoms with van der Waals surface area (Å²) in [5.74, 6) is 0.0933. The third kappa shape index (κ3) is 10.2. The minimum absolute atomic E-state index is 0.292. The lowest BCUT2D eigenvalue weighted by Gasteiger charge is -2.48. The summed E-state index contributed by atoms with van der Waals surface area (Å²) in [4.78, 5) is 48.8. The van der Waals surface area contributed by atoms with Gasteiger partial charge in [-0.25, -0.2) is 0 Å². The Morgan fingerprint density at radius 2 is 0.756 bits per heavy atom. The van der Waals surface area contributed by atoms with Gasteiger partial charge in [-0.2, -0.15) is 0 Å². The van der Waals surface area contributed by atoms with Crippen molar-refractivity contribution < 1.29 is 28.6 Å². The molecule has 0 bridgehead atoms. The van der Waals surface area contributed by atoms with Gasteiger partial charge in [0.25, 0.3) is 0 Å². The predicted molar refractivity (Wildman–Crippen MR) is 179 cm³/mol. The summed E-state index contributed by atoms with van der Waals surface area (Å²) in [6, 6.07) is 27.6. The summed E-state index contributed by atoms with van der Waals surface area (Å²) < 4.78 is 15.8. The molecule has 3 aromatic rings. The molecule has 0 radical (unpaired) electrons. The Balaban J connectivity index is 1.64. The Bertz CT molecular complexity index is 1180. The standard InChI is InChI=1S/C33H39N3O6S3/c1-40-31(37)28(19-43-25-13-7-4-8-14-25)34-22-35(29(32(38)41-2)20-44-26-15-9-5-10-16-26)24-36(23-34)30(33(39)42-3)21-45-27-17-11-6-12-18-27/h4-18,28-30H,19-24H2,1-3H3. The van der Waals surface area contributed by atoms with Crippen LogP contribution in [0, 0.1) is 0 Å². The van der Waals surface area contributed by atoms with Crippen LogP contribution in [0.15, 0.2) is 106 Å². The number of thioether (sulfide) groups is 3. The molecule has 1 fully saturated rings. The molecular formula is C33H39N3O6S3. The summed E-state index contributed by atoms with van der Waals surface area (Å²) in [6.45, 7) is 0.876. The van der Waals surface area contributed by atoms with Crippen molar-refractivity contribution in [3.63, 3.8) is 0 Å². The second-order valence-corrected chi connectivity index (χ2v) is 13.5. The number of benzene rings is 3. The highest BCUT2D eigenvalue weighted by molar-refractivity contribution is 7.99. The van der Waals surface area contributed by atoms with E-state index in [0.717, 1.165) is 14.7 Å². The Hall–Kier alpha value is -3.00. The van der Waals surface area contributed by atoms with Crippen LogP contribution in [0.5, 0.6) is 0 Å². The lowest BCUT2D eigenvalue weighted by atomic mass is 10.2. The van der Waals surface area contributed by atoms with Crippen LogP contribution in [0.4, 0.5) is 0 Å². The Kier molecular flexibility index (Phi) is 14.1. The monoisotopic (exact) mass is 669 g/mol. The number of hydrogen-bond donors (Lipinski definition) is 0. The molecule has 4 rings (SSSR count). The van der Waals surface area contributed by atoms with Gasteiger partial charge >= 0.3 is 17.9 Å². The van der Waals surface area contributed by atoms with E-state index in [2.05, 4.69) is 0 Å². The zero-order chi connectivity index (χ0) is 32.0. The first-order valence-electron chi connectivity index (χ1n) is 14.4. The first-order valence-corrected chi connectivity index (χ1v) is 17.4. The first-order chi connectivity index (χ1) is 21.9. The van der Waals surface area contributed by atoms with Crippen molar-refractivity contribution >= 4 is 53.2 Å². The molecule has 0 N–H and O–H groups in total. The van der Waals surface area contributed by atoms with Crippen molar-refractivity contribution in [2.45, 2.75) is 32.8 Å². The van der Waals surface area contributed by atoms with Gasteiger partial charge in [0.15, 0.2) is 0 Å². The fourth-order valence-electron chi connectivity index (χ4n) is 4.88. The number of nitrogens with zero attached hydrogens (tertiary/aromatic N) is 3. The number of esters is 3. The van der Waals surface area contributed by atoms with Gasteiger partial charge in [0, 0.05) is 31.9 Å². The molecule has 9 nitrogen and oxygen atoms in total.